The Morgan fingerprint density at radius 2 is 1.54 bits per heavy atom. The normalized spacial score (nSPS) is 37.9. The van der Waals surface area contributed by atoms with Gasteiger partial charge < -0.3 is 18.9 Å². The standard InChI is InChI=1S/C32H48F2O11S/c1-17(7-10-28(38)42-16-32(33,34)46(39,40)41)23-8-9-24-29-25(15-27(31(23,24)6)45-20(4)37)30(5)12-11-22(43-18(2)35)13-21(30)14-26(29)44-19(3)36/h17,21-27,29H,7-16H2,1-6H3,(H,39,40,41)/t17-,21?,22+,23-,24+,25+,26?,27?,29?,30?,31-/m1/s1. The monoisotopic (exact) mass is 678 g/mol. The molecular formula is C32H48F2O11S. The highest BCUT2D eigenvalue weighted by Gasteiger charge is 2.67. The molecule has 4 aliphatic carbocycles. The summed E-state index contributed by atoms with van der Waals surface area (Å²) in [5, 5.41) is -4.61. The van der Waals surface area contributed by atoms with Gasteiger partial charge in [0.1, 0.15) is 18.3 Å². The summed E-state index contributed by atoms with van der Waals surface area (Å²) >= 11 is 0. The number of esters is 4. The molecule has 11 nitrogen and oxygen atoms in total. The number of hydrogen-bond donors (Lipinski definition) is 1. The van der Waals surface area contributed by atoms with E-state index in [1.807, 2.05) is 6.92 Å². The van der Waals surface area contributed by atoms with E-state index < -0.39 is 45.4 Å². The largest absolute Gasteiger partial charge is 0.463 e. The van der Waals surface area contributed by atoms with Gasteiger partial charge in [-0.25, -0.2) is 0 Å². The van der Waals surface area contributed by atoms with Crippen LogP contribution in [0.1, 0.15) is 99.3 Å². The van der Waals surface area contributed by atoms with Crippen molar-refractivity contribution in [2.45, 2.75) is 123 Å². The summed E-state index contributed by atoms with van der Waals surface area (Å²) in [6, 6.07) is 0. The summed E-state index contributed by atoms with van der Waals surface area (Å²) in [5.74, 6) is -2.04. The lowest BCUT2D eigenvalue weighted by molar-refractivity contribution is -0.224. The first-order valence-corrected chi connectivity index (χ1v) is 17.7. The minimum Gasteiger partial charge on any atom is -0.463 e. The second-order valence-corrected chi connectivity index (χ2v) is 16.1. The van der Waals surface area contributed by atoms with Crippen LogP contribution in [-0.4, -0.2) is 67.0 Å². The van der Waals surface area contributed by atoms with Crippen LogP contribution in [0.4, 0.5) is 8.78 Å². The van der Waals surface area contributed by atoms with E-state index in [1.165, 1.54) is 20.8 Å². The van der Waals surface area contributed by atoms with Gasteiger partial charge in [0.25, 0.3) is 0 Å². The fourth-order valence-corrected chi connectivity index (χ4v) is 10.2. The average molecular weight is 679 g/mol. The Bertz CT molecular complexity index is 1300. The molecule has 0 amide bonds. The molecule has 0 aromatic heterocycles. The summed E-state index contributed by atoms with van der Waals surface area (Å²) in [7, 11) is -5.72. The third-order valence-electron chi connectivity index (χ3n) is 12.0. The smallest absolute Gasteiger partial charge is 0.402 e. The van der Waals surface area contributed by atoms with Crippen LogP contribution in [0.2, 0.25) is 0 Å². The zero-order valence-corrected chi connectivity index (χ0v) is 28.3. The minimum atomic E-state index is -5.72. The van der Waals surface area contributed by atoms with Crippen molar-refractivity contribution in [3.63, 3.8) is 0 Å². The van der Waals surface area contributed by atoms with Crippen LogP contribution in [0.3, 0.4) is 0 Å². The second kappa shape index (κ2) is 13.3. The van der Waals surface area contributed by atoms with Gasteiger partial charge >= 0.3 is 39.2 Å². The predicted octanol–water partition coefficient (Wildman–Crippen LogP) is 5.10. The molecule has 4 rings (SSSR count). The third-order valence-corrected chi connectivity index (χ3v) is 12.9. The van der Waals surface area contributed by atoms with Crippen LogP contribution in [0.15, 0.2) is 0 Å². The molecule has 0 saturated heterocycles. The van der Waals surface area contributed by atoms with Crippen LogP contribution in [0, 0.1) is 46.3 Å². The number of halogens is 2. The molecule has 0 aromatic rings. The Morgan fingerprint density at radius 3 is 2.13 bits per heavy atom. The molecule has 0 aromatic carbocycles. The average Bonchev–Trinajstić information content (AvgIpc) is 3.28. The van der Waals surface area contributed by atoms with E-state index in [0.29, 0.717) is 19.3 Å². The number of carbonyl (C=O) groups excluding carboxylic acids is 4. The molecule has 262 valence electrons. The lowest BCUT2D eigenvalue weighted by atomic mass is 9.43. The summed E-state index contributed by atoms with van der Waals surface area (Å²) in [6.45, 7) is 8.74. The highest BCUT2D eigenvalue weighted by atomic mass is 32.2. The Hall–Kier alpha value is -2.35. The minimum absolute atomic E-state index is 0.00272. The zero-order valence-electron chi connectivity index (χ0n) is 27.5. The van der Waals surface area contributed by atoms with E-state index in [9.17, 15) is 36.4 Å². The first kappa shape index (κ1) is 36.5. The van der Waals surface area contributed by atoms with Gasteiger partial charge in [-0.15, -0.1) is 0 Å². The van der Waals surface area contributed by atoms with Gasteiger partial charge in [-0.2, -0.15) is 17.2 Å². The molecule has 14 heteroatoms. The number of hydrogen-bond acceptors (Lipinski definition) is 10. The van der Waals surface area contributed by atoms with Gasteiger partial charge in [0.05, 0.1) is 0 Å². The quantitative estimate of drug-likeness (QED) is 0.186. The van der Waals surface area contributed by atoms with Crippen molar-refractivity contribution < 1.29 is 59.9 Å². The number of fused-ring (bicyclic) bond motifs is 5. The Kier molecular flexibility index (Phi) is 10.5. The fourth-order valence-electron chi connectivity index (χ4n) is 9.97. The third kappa shape index (κ3) is 7.07. The van der Waals surface area contributed by atoms with Crippen LogP contribution in [0.5, 0.6) is 0 Å². The molecule has 4 aliphatic rings. The molecule has 0 spiro atoms. The maximum Gasteiger partial charge on any atom is 0.402 e. The molecule has 5 unspecified atom stereocenters. The highest BCUT2D eigenvalue weighted by Crippen LogP contribution is 2.69. The maximum absolute atomic E-state index is 13.6. The van der Waals surface area contributed by atoms with Crippen LogP contribution < -0.4 is 0 Å². The molecule has 4 fully saturated rings. The van der Waals surface area contributed by atoms with Gasteiger partial charge in [0, 0.05) is 38.5 Å². The molecule has 0 aliphatic heterocycles. The molecular weight excluding hydrogens is 630 g/mol. The zero-order chi connectivity index (χ0) is 34.4. The van der Waals surface area contributed by atoms with E-state index in [0.717, 1.165) is 25.7 Å². The molecule has 46 heavy (non-hydrogen) atoms. The molecule has 11 atom stereocenters. The van der Waals surface area contributed by atoms with Gasteiger partial charge in [0.2, 0.25) is 0 Å². The summed E-state index contributed by atoms with van der Waals surface area (Å²) < 4.78 is 79.7. The number of rotatable bonds is 10. The Labute approximate surface area is 269 Å². The van der Waals surface area contributed by atoms with E-state index >= 15 is 0 Å². The van der Waals surface area contributed by atoms with E-state index in [1.54, 1.807) is 0 Å². The van der Waals surface area contributed by atoms with Gasteiger partial charge in [-0.05, 0) is 86.4 Å². The van der Waals surface area contributed by atoms with Crippen molar-refractivity contribution in [2.24, 2.45) is 46.3 Å². The second-order valence-electron chi connectivity index (χ2n) is 14.6. The number of alkyl halides is 2. The fraction of sp³-hybridized carbons (Fsp3) is 0.875. The first-order chi connectivity index (χ1) is 21.2. The predicted molar refractivity (Wildman–Crippen MR) is 158 cm³/mol. The van der Waals surface area contributed by atoms with Gasteiger partial charge in [-0.1, -0.05) is 20.8 Å². The highest BCUT2D eigenvalue weighted by molar-refractivity contribution is 7.86. The van der Waals surface area contributed by atoms with Crippen molar-refractivity contribution in [1.82, 2.24) is 0 Å². The van der Waals surface area contributed by atoms with Crippen molar-refractivity contribution >= 4 is 34.0 Å². The Morgan fingerprint density at radius 1 is 0.913 bits per heavy atom. The lowest BCUT2D eigenvalue weighted by Gasteiger charge is -2.64. The van der Waals surface area contributed by atoms with Crippen molar-refractivity contribution in [3.05, 3.63) is 0 Å². The summed E-state index contributed by atoms with van der Waals surface area (Å²) in [4.78, 5) is 49.0. The molecule has 0 bridgehead atoms. The molecule has 0 heterocycles. The van der Waals surface area contributed by atoms with Crippen molar-refractivity contribution in [1.29, 1.82) is 0 Å². The van der Waals surface area contributed by atoms with E-state index in [4.69, 9.17) is 18.8 Å². The van der Waals surface area contributed by atoms with Crippen molar-refractivity contribution in [2.75, 3.05) is 6.61 Å². The summed E-state index contributed by atoms with van der Waals surface area (Å²) in [6.07, 6.45) is 3.94. The topological polar surface area (TPSA) is 160 Å². The van der Waals surface area contributed by atoms with Crippen LogP contribution in [-0.2, 0) is 48.2 Å². The molecule has 1 N–H and O–H groups in total. The SMILES string of the molecule is CC(=O)OC1CC2C[C@@H](OC(C)=O)CCC2(C)[C@H]2CC(OC(C)=O)[C@]3(C)[C@@H]([C@H](C)CCC(=O)OCC(F)(F)S(=O)(=O)O)CC[C@H]3C12. The number of ether oxygens (including phenoxy) is 4. The van der Waals surface area contributed by atoms with Crippen LogP contribution in [0.25, 0.3) is 0 Å². The van der Waals surface area contributed by atoms with Crippen LogP contribution >= 0.6 is 0 Å². The maximum atomic E-state index is 13.6. The molecule has 0 radical (unpaired) electrons. The van der Waals surface area contributed by atoms with E-state index in [2.05, 4.69) is 18.6 Å². The molecule has 4 saturated carbocycles. The lowest BCUT2D eigenvalue weighted by Crippen LogP contribution is -2.63. The summed E-state index contributed by atoms with van der Waals surface area (Å²) in [5.41, 5.74) is -0.694. The number of carbonyl (C=O) groups is 4. The van der Waals surface area contributed by atoms with E-state index in [-0.39, 0.29) is 77.9 Å². The first-order valence-electron chi connectivity index (χ1n) is 16.2. The van der Waals surface area contributed by atoms with Crippen molar-refractivity contribution in [3.8, 4) is 0 Å². The Balaban J connectivity index is 1.58. The van der Waals surface area contributed by atoms with Gasteiger partial charge in [-0.3, -0.25) is 23.7 Å². The van der Waals surface area contributed by atoms with Gasteiger partial charge in [0.15, 0.2) is 6.61 Å².